The van der Waals surface area contributed by atoms with Gasteiger partial charge in [0.25, 0.3) is 11.7 Å². The van der Waals surface area contributed by atoms with Gasteiger partial charge in [-0.1, -0.05) is 0 Å². The Balaban J connectivity index is 2.62. The molecule has 2 heterocycles. The van der Waals surface area contributed by atoms with E-state index in [0.717, 1.165) is 5.69 Å². The van der Waals surface area contributed by atoms with Crippen LogP contribution in [0.5, 0.6) is 0 Å². The molecule has 0 saturated heterocycles. The topological polar surface area (TPSA) is 72.2 Å². The third-order valence-electron chi connectivity index (χ3n) is 1.86. The molecule has 1 amide bonds. The molecule has 0 spiro atoms. The first-order valence-electron chi connectivity index (χ1n) is 4.13. The molecule has 72 valence electrons. The molecule has 6 heteroatoms. The monoisotopic (exact) mass is 191 g/mol. The second kappa shape index (κ2) is 3.06. The quantitative estimate of drug-likeness (QED) is 0.677. The molecular weight excluding hydrogens is 182 g/mol. The first-order chi connectivity index (χ1) is 6.72. The Morgan fingerprint density at radius 2 is 2.36 bits per heavy atom. The Kier molecular flexibility index (Phi) is 1.88. The van der Waals surface area contributed by atoms with Gasteiger partial charge in [0.1, 0.15) is 0 Å². The van der Waals surface area contributed by atoms with Gasteiger partial charge in [0, 0.05) is 18.9 Å². The summed E-state index contributed by atoms with van der Waals surface area (Å²) in [5.74, 6) is 0.257. The first-order valence-corrected chi connectivity index (χ1v) is 4.13. The van der Waals surface area contributed by atoms with Gasteiger partial charge in [0.15, 0.2) is 0 Å². The van der Waals surface area contributed by atoms with Crippen LogP contribution in [0.2, 0.25) is 0 Å². The number of amides is 1. The number of fused-ring (bicyclic) bond motifs is 1. The van der Waals surface area contributed by atoms with E-state index >= 15 is 0 Å². The van der Waals surface area contributed by atoms with E-state index in [1.165, 1.54) is 11.6 Å². The van der Waals surface area contributed by atoms with Crippen LogP contribution in [0.1, 0.15) is 16.3 Å². The van der Waals surface area contributed by atoms with Crippen LogP contribution in [0.3, 0.4) is 0 Å². The highest BCUT2D eigenvalue weighted by molar-refractivity contribution is 5.90. The minimum Gasteiger partial charge on any atom is -0.352 e. The molecule has 0 atom stereocenters. The average Bonchev–Trinajstić information content (AvgIpc) is 2.62. The zero-order valence-corrected chi connectivity index (χ0v) is 7.85. The molecule has 2 aromatic heterocycles. The fourth-order valence-corrected chi connectivity index (χ4v) is 1.11. The molecule has 0 aromatic carbocycles. The van der Waals surface area contributed by atoms with Crippen molar-refractivity contribution in [1.29, 1.82) is 0 Å². The van der Waals surface area contributed by atoms with Crippen LogP contribution in [-0.4, -0.2) is 32.5 Å². The SMILES string of the molecule is CNC(=O)c1nc2nccc(C)n2n1. The molecule has 0 aliphatic carbocycles. The Morgan fingerprint density at radius 3 is 3.00 bits per heavy atom. The molecule has 0 aliphatic rings. The number of hydrogen-bond acceptors (Lipinski definition) is 4. The van der Waals surface area contributed by atoms with Crippen LogP contribution in [0.25, 0.3) is 5.78 Å². The zero-order chi connectivity index (χ0) is 10.1. The van der Waals surface area contributed by atoms with Crippen molar-refractivity contribution in [3.05, 3.63) is 23.8 Å². The van der Waals surface area contributed by atoms with Crippen molar-refractivity contribution in [2.45, 2.75) is 6.92 Å². The average molecular weight is 191 g/mol. The zero-order valence-electron chi connectivity index (χ0n) is 7.85. The Morgan fingerprint density at radius 1 is 1.57 bits per heavy atom. The standard InChI is InChI=1S/C8H9N5O/c1-5-3-4-10-8-11-6(7(14)9-2)12-13(5)8/h3-4H,1-2H3,(H,9,14). The fraction of sp³-hybridized carbons (Fsp3) is 0.250. The number of nitrogens with zero attached hydrogens (tertiary/aromatic N) is 4. The largest absolute Gasteiger partial charge is 0.352 e. The van der Waals surface area contributed by atoms with Crippen molar-refractivity contribution < 1.29 is 4.79 Å². The van der Waals surface area contributed by atoms with Crippen LogP contribution in [0, 0.1) is 6.92 Å². The molecular formula is C8H9N5O. The normalized spacial score (nSPS) is 10.4. The number of carbonyl (C=O) groups excluding carboxylic acids is 1. The number of aromatic nitrogens is 4. The van der Waals surface area contributed by atoms with Gasteiger partial charge in [-0.05, 0) is 13.0 Å². The van der Waals surface area contributed by atoms with Gasteiger partial charge in [-0.3, -0.25) is 4.79 Å². The third kappa shape index (κ3) is 1.20. The summed E-state index contributed by atoms with van der Waals surface area (Å²) < 4.78 is 1.53. The van der Waals surface area contributed by atoms with Gasteiger partial charge >= 0.3 is 0 Å². The lowest BCUT2D eigenvalue weighted by atomic mass is 10.5. The smallest absolute Gasteiger partial charge is 0.290 e. The van der Waals surface area contributed by atoms with E-state index in [4.69, 9.17) is 0 Å². The predicted molar refractivity (Wildman–Crippen MR) is 48.9 cm³/mol. The van der Waals surface area contributed by atoms with Gasteiger partial charge in [-0.25, -0.2) is 9.50 Å². The van der Waals surface area contributed by atoms with Crippen LogP contribution in [0.15, 0.2) is 12.3 Å². The van der Waals surface area contributed by atoms with E-state index in [2.05, 4.69) is 20.4 Å². The number of hydrogen-bond donors (Lipinski definition) is 1. The van der Waals surface area contributed by atoms with E-state index < -0.39 is 0 Å². The second-order valence-electron chi connectivity index (χ2n) is 2.81. The summed E-state index contributed by atoms with van der Waals surface area (Å²) in [5.41, 5.74) is 0.887. The number of rotatable bonds is 1. The van der Waals surface area contributed by atoms with Crippen molar-refractivity contribution in [1.82, 2.24) is 24.9 Å². The summed E-state index contributed by atoms with van der Waals surface area (Å²) in [6, 6.07) is 1.80. The maximum atomic E-state index is 11.2. The first kappa shape index (κ1) is 8.61. The minimum atomic E-state index is -0.310. The van der Waals surface area contributed by atoms with Gasteiger partial charge in [-0.15, -0.1) is 5.10 Å². The van der Waals surface area contributed by atoms with Gasteiger partial charge < -0.3 is 5.32 Å². The van der Waals surface area contributed by atoms with E-state index in [0.29, 0.717) is 5.78 Å². The molecule has 0 bridgehead atoms. The van der Waals surface area contributed by atoms with Crippen molar-refractivity contribution >= 4 is 11.7 Å². The van der Waals surface area contributed by atoms with Crippen LogP contribution in [-0.2, 0) is 0 Å². The van der Waals surface area contributed by atoms with Crippen molar-refractivity contribution in [3.63, 3.8) is 0 Å². The summed E-state index contributed by atoms with van der Waals surface area (Å²) in [5, 5.41) is 6.47. The van der Waals surface area contributed by atoms with Crippen LogP contribution in [0.4, 0.5) is 0 Å². The molecule has 0 aliphatic heterocycles. The van der Waals surface area contributed by atoms with E-state index in [9.17, 15) is 4.79 Å². The van der Waals surface area contributed by atoms with Gasteiger partial charge in [-0.2, -0.15) is 4.98 Å². The van der Waals surface area contributed by atoms with Crippen LogP contribution < -0.4 is 5.32 Å². The van der Waals surface area contributed by atoms with Crippen molar-refractivity contribution in [2.24, 2.45) is 0 Å². The predicted octanol–water partition coefficient (Wildman–Crippen LogP) is -0.208. The lowest BCUT2D eigenvalue weighted by Crippen LogP contribution is -2.19. The molecule has 0 saturated carbocycles. The van der Waals surface area contributed by atoms with Crippen molar-refractivity contribution in [3.8, 4) is 0 Å². The number of carbonyl (C=O) groups is 1. The summed E-state index contributed by atoms with van der Waals surface area (Å²) in [6.45, 7) is 1.87. The summed E-state index contributed by atoms with van der Waals surface area (Å²) in [7, 11) is 1.54. The Hall–Kier alpha value is -1.98. The molecule has 0 radical (unpaired) electrons. The second-order valence-corrected chi connectivity index (χ2v) is 2.81. The highest BCUT2D eigenvalue weighted by atomic mass is 16.2. The number of aryl methyl sites for hydroxylation is 1. The maximum absolute atomic E-state index is 11.2. The maximum Gasteiger partial charge on any atom is 0.290 e. The summed E-state index contributed by atoms with van der Waals surface area (Å²) in [4.78, 5) is 19.2. The summed E-state index contributed by atoms with van der Waals surface area (Å²) in [6.07, 6.45) is 1.63. The van der Waals surface area contributed by atoms with Gasteiger partial charge in [0.2, 0.25) is 5.82 Å². The third-order valence-corrected chi connectivity index (χ3v) is 1.86. The van der Waals surface area contributed by atoms with Gasteiger partial charge in [0.05, 0.1) is 0 Å². The molecule has 14 heavy (non-hydrogen) atoms. The number of nitrogens with one attached hydrogen (secondary N) is 1. The van der Waals surface area contributed by atoms with E-state index in [-0.39, 0.29) is 11.7 Å². The molecule has 0 unspecified atom stereocenters. The Bertz CT molecular complexity index is 489. The fourth-order valence-electron chi connectivity index (χ4n) is 1.11. The minimum absolute atomic E-state index is 0.134. The molecule has 6 nitrogen and oxygen atoms in total. The molecule has 2 aromatic rings. The molecule has 2 rings (SSSR count). The molecule has 0 fully saturated rings. The highest BCUT2D eigenvalue weighted by Crippen LogP contribution is 2.01. The van der Waals surface area contributed by atoms with Crippen molar-refractivity contribution in [2.75, 3.05) is 7.05 Å². The molecule has 1 N–H and O–H groups in total. The Labute approximate surface area is 80.0 Å². The lowest BCUT2D eigenvalue weighted by molar-refractivity contribution is 0.0953. The lowest BCUT2D eigenvalue weighted by Gasteiger charge is -1.93. The van der Waals surface area contributed by atoms with E-state index in [1.54, 1.807) is 12.3 Å². The van der Waals surface area contributed by atoms with Crippen LogP contribution >= 0.6 is 0 Å². The van der Waals surface area contributed by atoms with E-state index in [1.807, 2.05) is 6.92 Å². The summed E-state index contributed by atoms with van der Waals surface area (Å²) >= 11 is 0. The highest BCUT2D eigenvalue weighted by Gasteiger charge is 2.11.